The lowest BCUT2D eigenvalue weighted by atomic mass is 10.0. The summed E-state index contributed by atoms with van der Waals surface area (Å²) in [7, 11) is -3.68. The van der Waals surface area contributed by atoms with Crippen LogP contribution in [0.1, 0.15) is 30.1 Å². The number of nitrogens with zero attached hydrogens (tertiary/aromatic N) is 1. The van der Waals surface area contributed by atoms with E-state index in [2.05, 4.69) is 15.9 Å². The Kier molecular flexibility index (Phi) is 6.62. The average molecular weight is 500 g/mol. The number of fused-ring (bicyclic) bond motifs is 1. The number of alkyl halides is 1. The number of Topliss-reactive ketones (excluding diaryl/α,β-unsaturated/α-hetero) is 1. The van der Waals surface area contributed by atoms with Crippen LogP contribution in [0.3, 0.4) is 0 Å². The molecule has 0 aliphatic rings. The summed E-state index contributed by atoms with van der Waals surface area (Å²) in [6.45, 7) is 1.03. The fourth-order valence-electron chi connectivity index (χ4n) is 3.22. The SMILES string of the molecule is CCC(=O)c1c(-c2ccc(F)cc2)oc2cc(N(CCCF)S(C)(=O)=O)c(Br)cc12. The molecule has 0 atom stereocenters. The van der Waals surface area contributed by atoms with Crippen LogP contribution in [-0.4, -0.2) is 33.7 Å². The molecule has 0 saturated heterocycles. The van der Waals surface area contributed by atoms with Crippen LogP contribution < -0.4 is 4.31 Å². The normalized spacial score (nSPS) is 11.8. The minimum absolute atomic E-state index is 0.0360. The van der Waals surface area contributed by atoms with Crippen molar-refractivity contribution in [2.45, 2.75) is 19.8 Å². The van der Waals surface area contributed by atoms with Gasteiger partial charge >= 0.3 is 0 Å². The number of anilines is 1. The molecule has 0 aliphatic carbocycles. The van der Waals surface area contributed by atoms with Gasteiger partial charge < -0.3 is 4.42 Å². The van der Waals surface area contributed by atoms with E-state index in [9.17, 15) is 22.0 Å². The van der Waals surface area contributed by atoms with Crippen LogP contribution in [0.4, 0.5) is 14.5 Å². The van der Waals surface area contributed by atoms with Crippen molar-refractivity contribution in [1.29, 1.82) is 0 Å². The fraction of sp³-hybridized carbons (Fsp3) is 0.286. The summed E-state index contributed by atoms with van der Waals surface area (Å²) in [6.07, 6.45) is 1.31. The molecule has 0 saturated carbocycles. The highest BCUT2D eigenvalue weighted by atomic mass is 79.9. The third-order valence-electron chi connectivity index (χ3n) is 4.63. The Morgan fingerprint density at radius 2 is 1.87 bits per heavy atom. The zero-order chi connectivity index (χ0) is 22.1. The monoisotopic (exact) mass is 499 g/mol. The van der Waals surface area contributed by atoms with Crippen molar-refractivity contribution in [1.82, 2.24) is 0 Å². The Hall–Kier alpha value is -2.26. The van der Waals surface area contributed by atoms with Gasteiger partial charge in [-0.2, -0.15) is 0 Å². The highest BCUT2D eigenvalue weighted by molar-refractivity contribution is 9.10. The van der Waals surface area contributed by atoms with Gasteiger partial charge in [-0.15, -0.1) is 0 Å². The van der Waals surface area contributed by atoms with Gasteiger partial charge in [-0.3, -0.25) is 13.5 Å². The second-order valence-electron chi connectivity index (χ2n) is 6.77. The molecule has 30 heavy (non-hydrogen) atoms. The summed E-state index contributed by atoms with van der Waals surface area (Å²) < 4.78 is 58.1. The maximum Gasteiger partial charge on any atom is 0.232 e. The number of carbonyl (C=O) groups excluding carboxylic acids is 1. The first-order valence-corrected chi connectivity index (χ1v) is 11.9. The summed E-state index contributed by atoms with van der Waals surface area (Å²) in [5, 5.41) is 0.510. The molecular formula is C21H20BrF2NO4S. The predicted molar refractivity (Wildman–Crippen MR) is 117 cm³/mol. The van der Waals surface area contributed by atoms with Crippen LogP contribution >= 0.6 is 15.9 Å². The van der Waals surface area contributed by atoms with E-state index >= 15 is 0 Å². The van der Waals surface area contributed by atoms with E-state index in [0.29, 0.717) is 26.6 Å². The largest absolute Gasteiger partial charge is 0.455 e. The number of ketones is 1. The molecule has 5 nitrogen and oxygen atoms in total. The van der Waals surface area contributed by atoms with Crippen molar-refractivity contribution in [2.75, 3.05) is 23.8 Å². The van der Waals surface area contributed by atoms with Crippen LogP contribution in [0, 0.1) is 5.82 Å². The summed E-state index contributed by atoms with van der Waals surface area (Å²) in [5.41, 5.74) is 1.46. The number of hydrogen-bond donors (Lipinski definition) is 0. The Morgan fingerprint density at radius 1 is 1.20 bits per heavy atom. The second kappa shape index (κ2) is 8.85. The number of carbonyl (C=O) groups is 1. The van der Waals surface area contributed by atoms with Crippen LogP contribution in [0.15, 0.2) is 45.3 Å². The molecule has 3 aromatic rings. The van der Waals surface area contributed by atoms with Gasteiger partial charge in [-0.05, 0) is 52.7 Å². The van der Waals surface area contributed by atoms with Gasteiger partial charge in [0.1, 0.15) is 17.2 Å². The molecule has 0 bridgehead atoms. The van der Waals surface area contributed by atoms with Gasteiger partial charge in [0, 0.05) is 34.5 Å². The van der Waals surface area contributed by atoms with Crippen LogP contribution in [0.25, 0.3) is 22.3 Å². The molecule has 1 heterocycles. The molecule has 160 valence electrons. The third-order valence-corrected chi connectivity index (χ3v) is 6.44. The molecule has 9 heteroatoms. The van der Waals surface area contributed by atoms with E-state index in [0.717, 1.165) is 10.6 Å². The van der Waals surface area contributed by atoms with E-state index in [1.165, 1.54) is 30.3 Å². The molecule has 0 amide bonds. The highest BCUT2D eigenvalue weighted by Crippen LogP contribution is 2.40. The van der Waals surface area contributed by atoms with Gasteiger partial charge in [0.2, 0.25) is 10.0 Å². The minimum atomic E-state index is -3.68. The number of hydrogen-bond acceptors (Lipinski definition) is 4. The summed E-state index contributed by atoms with van der Waals surface area (Å²) in [4.78, 5) is 12.7. The predicted octanol–water partition coefficient (Wildman–Crippen LogP) is 5.72. The van der Waals surface area contributed by atoms with Gasteiger partial charge in [0.15, 0.2) is 5.78 Å². The topological polar surface area (TPSA) is 67.6 Å². The molecule has 0 unspecified atom stereocenters. The van der Waals surface area contributed by atoms with Crippen molar-refractivity contribution in [2.24, 2.45) is 0 Å². The number of halogens is 3. The van der Waals surface area contributed by atoms with E-state index in [1.807, 2.05) is 0 Å². The second-order valence-corrected chi connectivity index (χ2v) is 9.53. The summed E-state index contributed by atoms with van der Waals surface area (Å²) in [5.74, 6) is -0.291. The maximum atomic E-state index is 13.3. The van der Waals surface area contributed by atoms with E-state index in [-0.39, 0.29) is 36.6 Å². The zero-order valence-electron chi connectivity index (χ0n) is 16.4. The van der Waals surface area contributed by atoms with Crippen molar-refractivity contribution < 1.29 is 26.4 Å². The van der Waals surface area contributed by atoms with Crippen LogP contribution in [0.2, 0.25) is 0 Å². The minimum Gasteiger partial charge on any atom is -0.455 e. The van der Waals surface area contributed by atoms with Crippen LogP contribution in [-0.2, 0) is 10.0 Å². The Balaban J connectivity index is 2.26. The highest BCUT2D eigenvalue weighted by Gasteiger charge is 2.25. The number of rotatable bonds is 8. The maximum absolute atomic E-state index is 13.3. The quantitative estimate of drug-likeness (QED) is 0.371. The number of furan rings is 1. The smallest absolute Gasteiger partial charge is 0.232 e. The first-order chi connectivity index (χ1) is 14.2. The molecular weight excluding hydrogens is 480 g/mol. The van der Waals surface area contributed by atoms with Gasteiger partial charge in [0.05, 0.1) is 24.2 Å². The first kappa shape index (κ1) is 22.4. The number of sulfonamides is 1. The molecule has 1 aromatic heterocycles. The van der Waals surface area contributed by atoms with E-state index < -0.39 is 22.5 Å². The molecule has 0 fully saturated rings. The molecule has 3 rings (SSSR count). The molecule has 2 aromatic carbocycles. The Bertz CT molecular complexity index is 1190. The van der Waals surface area contributed by atoms with Gasteiger partial charge in [0.25, 0.3) is 0 Å². The zero-order valence-corrected chi connectivity index (χ0v) is 18.8. The molecule has 0 radical (unpaired) electrons. The van der Waals surface area contributed by atoms with Gasteiger partial charge in [-0.25, -0.2) is 12.8 Å². The van der Waals surface area contributed by atoms with E-state index in [1.54, 1.807) is 13.0 Å². The van der Waals surface area contributed by atoms with Crippen LogP contribution in [0.5, 0.6) is 0 Å². The third kappa shape index (κ3) is 4.41. The number of benzene rings is 2. The average Bonchev–Trinajstić information content (AvgIpc) is 3.05. The molecule has 0 aliphatic heterocycles. The Labute approximate surface area is 181 Å². The van der Waals surface area contributed by atoms with Crippen molar-refractivity contribution in [3.8, 4) is 11.3 Å². The Morgan fingerprint density at radius 3 is 2.43 bits per heavy atom. The lowest BCUT2D eigenvalue weighted by molar-refractivity contribution is 0.0989. The van der Waals surface area contributed by atoms with E-state index in [4.69, 9.17) is 4.42 Å². The first-order valence-electron chi connectivity index (χ1n) is 9.26. The van der Waals surface area contributed by atoms with Crippen molar-refractivity contribution >= 4 is 48.4 Å². The summed E-state index contributed by atoms with van der Waals surface area (Å²) in [6, 6.07) is 8.70. The molecule has 0 spiro atoms. The standard InChI is InChI=1S/C21H20BrF2NO4S/c1-3-18(26)20-15-11-16(22)17(25(10-4-9-23)30(2,27)28)12-19(15)29-21(20)13-5-7-14(24)8-6-13/h5-8,11-12H,3-4,9-10H2,1-2H3. The summed E-state index contributed by atoms with van der Waals surface area (Å²) >= 11 is 3.38. The lowest BCUT2D eigenvalue weighted by Crippen LogP contribution is -2.31. The lowest BCUT2D eigenvalue weighted by Gasteiger charge is -2.23. The fourth-order valence-corrected chi connectivity index (χ4v) is 4.87. The molecule has 0 N–H and O–H groups in total. The van der Waals surface area contributed by atoms with Crippen molar-refractivity contribution in [3.05, 3.63) is 52.3 Å². The van der Waals surface area contributed by atoms with Gasteiger partial charge in [-0.1, -0.05) is 6.92 Å². The van der Waals surface area contributed by atoms with Crippen molar-refractivity contribution in [3.63, 3.8) is 0 Å².